The van der Waals surface area contributed by atoms with Gasteiger partial charge in [0, 0.05) is 26.4 Å². The van der Waals surface area contributed by atoms with Crippen molar-refractivity contribution in [2.75, 3.05) is 66.3 Å². The second-order valence-corrected chi connectivity index (χ2v) is 20.0. The first-order chi connectivity index (χ1) is 28.0. The summed E-state index contributed by atoms with van der Waals surface area (Å²) >= 11 is 0. The maximum atomic E-state index is 9.49. The number of aliphatic hydroxyl groups excluding tert-OH is 2. The molecule has 7 nitrogen and oxygen atoms in total. The minimum absolute atomic E-state index is 0.161. The molecule has 0 bridgehead atoms. The lowest BCUT2D eigenvalue weighted by molar-refractivity contribution is -0.910. The van der Waals surface area contributed by atoms with Crippen molar-refractivity contribution in [2.24, 2.45) is 0 Å². The van der Waals surface area contributed by atoms with Crippen molar-refractivity contribution in [3.05, 3.63) is 0 Å². The Balaban J connectivity index is 4.64. The van der Waals surface area contributed by atoms with E-state index in [1.165, 1.54) is 180 Å². The molecule has 57 heavy (non-hydrogen) atoms. The van der Waals surface area contributed by atoms with Gasteiger partial charge in [0.25, 0.3) is 0 Å². The van der Waals surface area contributed by atoms with Crippen molar-refractivity contribution in [2.45, 2.75) is 252 Å². The number of quaternary nitrogens is 1. The van der Waals surface area contributed by atoms with Crippen LogP contribution in [0.1, 0.15) is 252 Å². The Labute approximate surface area is 358 Å². The third-order valence-electron chi connectivity index (χ3n) is 12.0. The standard InChI is InChI=1S/C49H104NO6Si/c1-5-8-11-13-15-17-19-21-23-25-27-29-31-34-38-47-54-57(53-46-10-7-3,56-49-40-36-33-37-41-50(4,42-44-51)43-45-52)55-48-39-35-32-30-28-26-24-22-20-18-16-14-12-9-6-2/h51-52H,5-49H2,1-4H3/q+1. The van der Waals surface area contributed by atoms with E-state index >= 15 is 0 Å². The van der Waals surface area contributed by atoms with E-state index in [9.17, 15) is 10.2 Å². The molecule has 0 saturated carbocycles. The summed E-state index contributed by atoms with van der Waals surface area (Å²) in [6.45, 7) is 12.0. The third kappa shape index (κ3) is 39.8. The lowest BCUT2D eigenvalue weighted by Crippen LogP contribution is -2.50. The van der Waals surface area contributed by atoms with Crippen LogP contribution in [0.15, 0.2) is 0 Å². The molecule has 0 radical (unpaired) electrons. The molecule has 0 aromatic rings. The molecule has 0 rings (SSSR count). The van der Waals surface area contributed by atoms with E-state index in [0.29, 0.717) is 39.5 Å². The van der Waals surface area contributed by atoms with Crippen molar-refractivity contribution in [3.63, 3.8) is 0 Å². The number of unbranched alkanes of at least 4 members (excludes halogenated alkanes) is 32. The number of aliphatic hydroxyl groups is 2. The van der Waals surface area contributed by atoms with Gasteiger partial charge < -0.3 is 32.4 Å². The van der Waals surface area contributed by atoms with Crippen LogP contribution in [0.25, 0.3) is 0 Å². The highest BCUT2D eigenvalue weighted by Gasteiger charge is 2.45. The van der Waals surface area contributed by atoms with E-state index in [2.05, 4.69) is 27.8 Å². The van der Waals surface area contributed by atoms with Crippen molar-refractivity contribution in [3.8, 4) is 0 Å². The van der Waals surface area contributed by atoms with Crippen LogP contribution < -0.4 is 0 Å². The fraction of sp³-hybridized carbons (Fsp3) is 1.00. The first-order valence-electron chi connectivity index (χ1n) is 25.6. The zero-order chi connectivity index (χ0) is 41.6. The van der Waals surface area contributed by atoms with Crippen LogP contribution in [0.2, 0.25) is 0 Å². The van der Waals surface area contributed by atoms with Crippen LogP contribution in [-0.2, 0) is 17.7 Å². The molecule has 0 fully saturated rings. The summed E-state index contributed by atoms with van der Waals surface area (Å²) in [6, 6.07) is 0. The predicted molar refractivity (Wildman–Crippen MR) is 248 cm³/mol. The molecule has 0 aliphatic heterocycles. The number of hydrogen-bond acceptors (Lipinski definition) is 6. The molecule has 2 N–H and O–H groups in total. The van der Waals surface area contributed by atoms with E-state index in [0.717, 1.165) is 62.4 Å². The zero-order valence-electron chi connectivity index (χ0n) is 39.3. The Morgan fingerprint density at radius 3 is 0.789 bits per heavy atom. The summed E-state index contributed by atoms with van der Waals surface area (Å²) in [5.74, 6) is 0. The van der Waals surface area contributed by atoms with Gasteiger partial charge in [-0.3, -0.25) is 0 Å². The van der Waals surface area contributed by atoms with Crippen LogP contribution in [0, 0.1) is 0 Å². The number of rotatable bonds is 50. The van der Waals surface area contributed by atoms with Crippen LogP contribution in [0.4, 0.5) is 0 Å². The summed E-state index contributed by atoms with van der Waals surface area (Å²) < 4.78 is 26.9. The third-order valence-corrected chi connectivity index (χ3v) is 14.2. The number of likely N-dealkylation sites (N-methyl/N-ethyl adjacent to an activating group) is 1. The van der Waals surface area contributed by atoms with E-state index < -0.39 is 9.05 Å². The van der Waals surface area contributed by atoms with Gasteiger partial charge in [-0.15, -0.1) is 0 Å². The first-order valence-corrected chi connectivity index (χ1v) is 27.3. The maximum absolute atomic E-state index is 9.49. The molecule has 0 aromatic heterocycles. The van der Waals surface area contributed by atoms with Gasteiger partial charge in [0.2, 0.25) is 0 Å². The van der Waals surface area contributed by atoms with Crippen LogP contribution in [0.3, 0.4) is 0 Å². The predicted octanol–water partition coefficient (Wildman–Crippen LogP) is 14.0. The van der Waals surface area contributed by atoms with Gasteiger partial charge in [-0.05, 0) is 38.5 Å². The molecule has 0 heterocycles. The smallest absolute Gasteiger partial charge is 0.391 e. The SMILES string of the molecule is CCCCCCCCCCCCCCCCCO[Si](OCCCC)(OCCCCCCCCCCCCCCCCC)OCCCCCC[N+](C)(CCO)CCO. The summed E-state index contributed by atoms with van der Waals surface area (Å²) in [6.07, 6.45) is 46.9. The lowest BCUT2D eigenvalue weighted by atomic mass is 10.0. The lowest BCUT2D eigenvalue weighted by Gasteiger charge is -2.33. The average molecular weight is 831 g/mol. The van der Waals surface area contributed by atoms with E-state index in [4.69, 9.17) is 17.7 Å². The fourth-order valence-electron chi connectivity index (χ4n) is 7.90. The van der Waals surface area contributed by atoms with Crippen molar-refractivity contribution in [1.82, 2.24) is 0 Å². The topological polar surface area (TPSA) is 77.4 Å². The summed E-state index contributed by atoms with van der Waals surface area (Å²) in [7, 11) is -1.09. The zero-order valence-corrected chi connectivity index (χ0v) is 40.3. The highest BCUT2D eigenvalue weighted by molar-refractivity contribution is 6.53. The second kappa shape index (κ2) is 45.5. The molecule has 0 amide bonds. The molecule has 0 aromatic carbocycles. The van der Waals surface area contributed by atoms with Gasteiger partial charge in [0.1, 0.15) is 13.1 Å². The Hall–Kier alpha value is -0.0631. The number of nitrogens with zero attached hydrogens (tertiary/aromatic N) is 1. The van der Waals surface area contributed by atoms with Gasteiger partial charge in [-0.2, -0.15) is 0 Å². The van der Waals surface area contributed by atoms with Gasteiger partial charge in [0.15, 0.2) is 0 Å². The van der Waals surface area contributed by atoms with Gasteiger partial charge in [-0.1, -0.05) is 213 Å². The molecule has 344 valence electrons. The van der Waals surface area contributed by atoms with Crippen molar-refractivity contribution >= 4 is 9.05 Å². The molecule has 8 heteroatoms. The van der Waals surface area contributed by atoms with E-state index in [1.807, 2.05) is 0 Å². The maximum Gasteiger partial charge on any atom is 0.679 e. The highest BCUT2D eigenvalue weighted by Crippen LogP contribution is 2.20. The minimum atomic E-state index is -3.23. The molecular weight excluding hydrogens is 727 g/mol. The Morgan fingerprint density at radius 1 is 0.298 bits per heavy atom. The quantitative estimate of drug-likeness (QED) is 0.0361. The van der Waals surface area contributed by atoms with Crippen molar-refractivity contribution < 1.29 is 32.4 Å². The molecule has 0 aliphatic rings. The molecule has 0 aliphatic carbocycles. The van der Waals surface area contributed by atoms with Crippen molar-refractivity contribution in [1.29, 1.82) is 0 Å². The van der Waals surface area contributed by atoms with Crippen LogP contribution in [-0.4, -0.2) is 90.1 Å². The summed E-state index contributed by atoms with van der Waals surface area (Å²) in [4.78, 5) is 0. The van der Waals surface area contributed by atoms with Gasteiger partial charge in [-0.25, -0.2) is 0 Å². The number of hydrogen-bond donors (Lipinski definition) is 2. The fourth-order valence-corrected chi connectivity index (χ4v) is 9.97. The van der Waals surface area contributed by atoms with Crippen LogP contribution >= 0.6 is 0 Å². The minimum Gasteiger partial charge on any atom is -0.391 e. The molecular formula is C49H104NO6Si+. The Kier molecular flexibility index (Phi) is 45.4. The average Bonchev–Trinajstić information content (AvgIpc) is 3.20. The first kappa shape index (κ1) is 56.9. The van der Waals surface area contributed by atoms with Gasteiger partial charge in [0.05, 0.1) is 26.8 Å². The van der Waals surface area contributed by atoms with Gasteiger partial charge >= 0.3 is 9.05 Å². The largest absolute Gasteiger partial charge is 0.679 e. The summed E-state index contributed by atoms with van der Waals surface area (Å²) in [5.41, 5.74) is 0. The molecule has 0 atom stereocenters. The normalized spacial score (nSPS) is 12.3. The second-order valence-electron chi connectivity index (χ2n) is 17.8. The van der Waals surface area contributed by atoms with E-state index in [-0.39, 0.29) is 13.2 Å². The summed E-state index contributed by atoms with van der Waals surface area (Å²) in [5, 5.41) is 19.0. The molecule has 0 spiro atoms. The Bertz CT molecular complexity index is 719. The Morgan fingerprint density at radius 2 is 0.526 bits per heavy atom. The van der Waals surface area contributed by atoms with E-state index in [1.54, 1.807) is 0 Å². The molecule has 0 saturated heterocycles. The monoisotopic (exact) mass is 831 g/mol. The van der Waals surface area contributed by atoms with Crippen LogP contribution in [0.5, 0.6) is 0 Å². The molecule has 0 unspecified atom stereocenters. The highest BCUT2D eigenvalue weighted by atomic mass is 28.4.